The fourth-order valence-corrected chi connectivity index (χ4v) is 13.2. The summed E-state index contributed by atoms with van der Waals surface area (Å²) in [6.45, 7) is -6.93. The van der Waals surface area contributed by atoms with Crippen molar-refractivity contribution in [1.29, 1.82) is 0 Å². The van der Waals surface area contributed by atoms with Crippen LogP contribution in [0.25, 0.3) is 0 Å². The SMILES string of the molecule is C[C@H]1O[C@@H](O[C@H]2[C@H](OC3C(OC[C@H]4O[C@@H](O[C@H]5[C@H](O)[C@@H](O)[C@H](O)O[C@@H]5CO)[C@H](O)[C@@H](O)[C@@H]4O[C@@H]4O[C@H](COC5OCC(O)[C@H](O)C5O[C@@H]5O[C@H](CO)[C@H](O)[C@H](O)[C@H]5O)[C@@H](O[C@@H]5O[C@H](COC6OCC(O)[C@H](O)C6O)[C@@H](O)[C@H](O)[C@H]5O)[C@H](O)[C@H]4O)OCC(O)[C@@H]3O)O[C@H](CO)[C@H](O)[C@@H]2O)[C@H](O)[C@@H](O)[C@H]1O. The fraction of sp³-hybridized carbons (Fsp3) is 1.00. The quantitative estimate of drug-likeness (QED) is 0.0427. The van der Waals surface area contributed by atoms with Gasteiger partial charge in [-0.1, -0.05) is 0 Å². The first-order valence-electron chi connectivity index (χ1n) is 33.3. The predicted octanol–water partition coefficient (Wildman–Crippen LogP) is -19.9. The van der Waals surface area contributed by atoms with E-state index in [9.17, 15) is 143 Å². The molecule has 28 N–H and O–H groups in total. The molecule has 0 aromatic carbocycles. The summed E-state index contributed by atoms with van der Waals surface area (Å²) in [4.78, 5) is 0. The van der Waals surface area contributed by atoms with E-state index in [-0.39, 0.29) is 0 Å². The maximum atomic E-state index is 12.2. The van der Waals surface area contributed by atoms with Gasteiger partial charge in [0.2, 0.25) is 0 Å². The number of ether oxygens (including phenoxy) is 19. The van der Waals surface area contributed by atoms with Crippen LogP contribution in [0.2, 0.25) is 0 Å². The molecule has 47 heteroatoms. The number of hydrogen-bond donors (Lipinski definition) is 28. The number of rotatable bonds is 24. The molecule has 0 radical (unpaired) electrons. The number of hydrogen-bond acceptors (Lipinski definition) is 47. The topological polar surface area (TPSA) is 742 Å². The summed E-state index contributed by atoms with van der Waals surface area (Å²) in [5.74, 6) is 0. The van der Waals surface area contributed by atoms with Crippen LogP contribution in [-0.2, 0) is 90.0 Å². The third-order valence-electron chi connectivity index (χ3n) is 19.6. The Hall–Kier alpha value is -1.88. The molecule has 10 heterocycles. The van der Waals surface area contributed by atoms with E-state index in [4.69, 9.17) is 90.0 Å². The van der Waals surface area contributed by atoms with Crippen molar-refractivity contribution in [2.75, 3.05) is 59.5 Å². The van der Waals surface area contributed by atoms with Crippen LogP contribution in [0.5, 0.6) is 0 Å². The van der Waals surface area contributed by atoms with Crippen LogP contribution in [0.1, 0.15) is 6.92 Å². The van der Waals surface area contributed by atoms with Crippen molar-refractivity contribution < 1.29 is 233 Å². The van der Waals surface area contributed by atoms with E-state index in [1.54, 1.807) is 0 Å². The zero-order valence-corrected chi connectivity index (χ0v) is 54.8. The minimum atomic E-state index is -2.52. The third-order valence-corrected chi connectivity index (χ3v) is 19.6. The van der Waals surface area contributed by atoms with Crippen LogP contribution >= 0.6 is 0 Å². The van der Waals surface area contributed by atoms with Crippen molar-refractivity contribution >= 4 is 0 Å². The average Bonchev–Trinajstić information content (AvgIpc) is 0.780. The summed E-state index contributed by atoms with van der Waals surface area (Å²) in [7, 11) is 0. The van der Waals surface area contributed by atoms with Crippen molar-refractivity contribution in [2.24, 2.45) is 0 Å². The highest BCUT2D eigenvalue weighted by Crippen LogP contribution is 2.39. The molecule has 10 aliphatic rings. The van der Waals surface area contributed by atoms with Crippen LogP contribution in [0.4, 0.5) is 0 Å². The number of aliphatic hydroxyl groups is 28. The highest BCUT2D eigenvalue weighted by molar-refractivity contribution is 5.01. The van der Waals surface area contributed by atoms with E-state index in [0.717, 1.165) is 0 Å². The van der Waals surface area contributed by atoms with Gasteiger partial charge in [-0.05, 0) is 6.92 Å². The van der Waals surface area contributed by atoms with Gasteiger partial charge < -0.3 is 233 Å². The molecule has 0 amide bonds. The van der Waals surface area contributed by atoms with Crippen LogP contribution < -0.4 is 0 Å². The van der Waals surface area contributed by atoms with Crippen molar-refractivity contribution in [2.45, 2.75) is 296 Å². The Balaban J connectivity index is 0.945. The summed E-state index contributed by atoms with van der Waals surface area (Å²) in [5.41, 5.74) is 0. The molecule has 606 valence electrons. The molecule has 10 aliphatic heterocycles. The Morgan fingerprint density at radius 1 is 0.231 bits per heavy atom. The average molecular weight is 1530 g/mol. The Bertz CT molecular complexity index is 2600. The van der Waals surface area contributed by atoms with E-state index in [0.29, 0.717) is 0 Å². The molecule has 9 unspecified atom stereocenters. The first kappa shape index (κ1) is 84.6. The lowest BCUT2D eigenvalue weighted by Gasteiger charge is -2.50. The Labute approximate surface area is 587 Å². The van der Waals surface area contributed by atoms with Gasteiger partial charge >= 0.3 is 0 Å². The van der Waals surface area contributed by atoms with E-state index >= 15 is 0 Å². The summed E-state index contributed by atoms with van der Waals surface area (Å²) in [6.07, 6.45) is -95.3. The smallest absolute Gasteiger partial charge is 0.187 e. The highest BCUT2D eigenvalue weighted by Gasteiger charge is 2.59. The van der Waals surface area contributed by atoms with Gasteiger partial charge in [-0.3, -0.25) is 0 Å². The lowest BCUT2D eigenvalue weighted by atomic mass is 9.95. The zero-order chi connectivity index (χ0) is 75.9. The van der Waals surface area contributed by atoms with Gasteiger partial charge in [0.15, 0.2) is 62.9 Å². The Morgan fingerprint density at radius 2 is 0.519 bits per heavy atom. The molecule has 10 saturated heterocycles. The summed E-state index contributed by atoms with van der Waals surface area (Å²) in [5, 5.41) is 305. The Morgan fingerprint density at radius 3 is 0.981 bits per heavy atom. The first-order valence-corrected chi connectivity index (χ1v) is 33.3. The molecule has 0 aromatic heterocycles. The largest absolute Gasteiger partial charge is 0.394 e. The predicted molar refractivity (Wildman–Crippen MR) is 310 cm³/mol. The van der Waals surface area contributed by atoms with E-state index in [1.807, 2.05) is 0 Å². The molecule has 0 aliphatic carbocycles. The molecule has 0 saturated carbocycles. The molecular formula is C57H96O47. The van der Waals surface area contributed by atoms with Gasteiger partial charge in [-0.25, -0.2) is 0 Å². The maximum absolute atomic E-state index is 12.2. The molecule has 10 rings (SSSR count). The minimum absolute atomic E-state index is 0.550. The van der Waals surface area contributed by atoms with Crippen molar-refractivity contribution in [3.8, 4) is 0 Å². The van der Waals surface area contributed by atoms with Crippen molar-refractivity contribution in [1.82, 2.24) is 0 Å². The van der Waals surface area contributed by atoms with Crippen LogP contribution in [0, 0.1) is 0 Å². The Kier molecular flexibility index (Phi) is 29.5. The highest BCUT2D eigenvalue weighted by atomic mass is 16.8. The fourth-order valence-electron chi connectivity index (χ4n) is 13.2. The van der Waals surface area contributed by atoms with Gasteiger partial charge in [0.1, 0.15) is 220 Å². The summed E-state index contributed by atoms with van der Waals surface area (Å²) < 4.78 is 110. The van der Waals surface area contributed by atoms with E-state index in [2.05, 4.69) is 0 Å². The second kappa shape index (κ2) is 36.3. The van der Waals surface area contributed by atoms with E-state index < -0.39 is 348 Å². The molecule has 10 fully saturated rings. The lowest BCUT2D eigenvalue weighted by Crippen LogP contribution is -2.68. The molecule has 47 nitrogen and oxygen atoms in total. The van der Waals surface area contributed by atoms with Gasteiger partial charge in [0.25, 0.3) is 0 Å². The zero-order valence-electron chi connectivity index (χ0n) is 54.8. The van der Waals surface area contributed by atoms with E-state index in [1.165, 1.54) is 6.92 Å². The summed E-state index contributed by atoms with van der Waals surface area (Å²) in [6, 6.07) is 0. The van der Waals surface area contributed by atoms with Crippen LogP contribution in [0.3, 0.4) is 0 Å². The molecule has 0 bridgehead atoms. The van der Waals surface area contributed by atoms with Gasteiger partial charge in [-0.2, -0.15) is 0 Å². The maximum Gasteiger partial charge on any atom is 0.187 e. The first-order chi connectivity index (χ1) is 49.2. The second-order valence-electron chi connectivity index (χ2n) is 26.8. The third kappa shape index (κ3) is 17.9. The molecule has 0 aromatic rings. The van der Waals surface area contributed by atoms with Gasteiger partial charge in [0, 0.05) is 0 Å². The van der Waals surface area contributed by atoms with Crippen LogP contribution in [-0.4, -0.2) is 491 Å². The lowest BCUT2D eigenvalue weighted by molar-refractivity contribution is -0.399. The normalized spacial score (nSPS) is 54.4. The van der Waals surface area contributed by atoms with Crippen molar-refractivity contribution in [3.63, 3.8) is 0 Å². The standard InChI is InChI=1S/C57H96O47/c1-11-21(64)28(71)37(80)50(92-11)103-47-31(74)26(69)16(3-59)95-57(47)104-46-24(67)14(63)7-88-56(46)91-10-20-44(33(76)40(83)53(97-20)99-42-17(4-60)93-48(85)35(78)32(42)75)101-54-41(84)34(77)43(100-52-39(82)30(73)27(70)18(96-52)8-89-49-36(79)22(65)12(61)5-86-49)19(98-54)9-90-55-45(23(66)13(62)6-87-55)102-51-38(81)29(72)25(68)15(2-58)94-51/h11-85H,2-10H2,1H3/t11-,12?,13?,14?,15-,16-,17-,18-,19-,20-,21+,22+,23+,24+,25+,26+,27-,28+,29+,30+,31+,32-,33-,34-,35-,36?,37-,38-,39-,40-,41-,42-,43-,44-,45?,46?,47-,48-,49?,50+,51+,52+,53+,54+,55?,56?,57+/m1/s1. The monoisotopic (exact) mass is 1530 g/mol. The van der Waals surface area contributed by atoms with Gasteiger partial charge in [-0.15, -0.1) is 0 Å². The second-order valence-corrected chi connectivity index (χ2v) is 26.8. The minimum Gasteiger partial charge on any atom is -0.394 e. The molecular weight excluding hydrogens is 1440 g/mol. The summed E-state index contributed by atoms with van der Waals surface area (Å²) >= 11 is 0. The molecule has 47 atom stereocenters. The molecule has 104 heavy (non-hydrogen) atoms. The van der Waals surface area contributed by atoms with Crippen LogP contribution in [0.15, 0.2) is 0 Å². The molecule has 0 spiro atoms. The van der Waals surface area contributed by atoms with Crippen molar-refractivity contribution in [3.05, 3.63) is 0 Å². The van der Waals surface area contributed by atoms with Gasteiger partial charge in [0.05, 0.1) is 65.6 Å². The number of aliphatic hydroxyl groups excluding tert-OH is 28.